The first kappa shape index (κ1) is 30.0. The highest BCUT2D eigenvalue weighted by atomic mass is 16.5. The van der Waals surface area contributed by atoms with Crippen molar-refractivity contribution in [3.63, 3.8) is 0 Å². The Morgan fingerprint density at radius 2 is 1.68 bits per heavy atom. The lowest BCUT2D eigenvalue weighted by Crippen LogP contribution is -2.41. The molecule has 0 amide bonds. The first-order valence-corrected chi connectivity index (χ1v) is 14.3. The number of carbonyl (C=O) groups is 1. The maximum Gasteiger partial charge on any atom is 0.305 e. The maximum absolute atomic E-state index is 11.4. The van der Waals surface area contributed by atoms with Crippen molar-refractivity contribution >= 4 is 5.97 Å². The summed E-state index contributed by atoms with van der Waals surface area (Å²) in [4.78, 5) is 11.4. The van der Waals surface area contributed by atoms with E-state index in [1.807, 2.05) is 30.3 Å². The lowest BCUT2D eigenvalue weighted by Gasteiger charge is -2.37. The molecule has 3 rings (SSSR count). The Morgan fingerprint density at radius 3 is 2.38 bits per heavy atom. The van der Waals surface area contributed by atoms with Gasteiger partial charge < -0.3 is 29.2 Å². The monoisotopic (exact) mass is 520 g/mol. The number of aliphatic hydroxyl groups is 1. The molecule has 0 bridgehead atoms. The van der Waals surface area contributed by atoms with Crippen LogP contribution >= 0.6 is 0 Å². The Bertz CT molecular complexity index is 758. The minimum absolute atomic E-state index is 0.0205. The van der Waals surface area contributed by atoms with Crippen LogP contribution in [-0.2, 0) is 30.3 Å². The van der Waals surface area contributed by atoms with Gasteiger partial charge in [0.2, 0.25) is 0 Å². The predicted octanol–water partition coefficient (Wildman–Crippen LogP) is 5.66. The van der Waals surface area contributed by atoms with Crippen LogP contribution in [0.4, 0.5) is 0 Å². The largest absolute Gasteiger partial charge is 0.481 e. The lowest BCUT2D eigenvalue weighted by molar-refractivity contribution is -0.155. The molecule has 7 heteroatoms. The predicted molar refractivity (Wildman–Crippen MR) is 142 cm³/mol. The van der Waals surface area contributed by atoms with Crippen molar-refractivity contribution in [2.45, 2.75) is 140 Å². The first-order valence-electron chi connectivity index (χ1n) is 14.3. The number of ether oxygens (including phenoxy) is 4. The highest BCUT2D eigenvalue weighted by Crippen LogP contribution is 2.31. The lowest BCUT2D eigenvalue weighted by atomic mass is 9.92. The third kappa shape index (κ3) is 11.4. The van der Waals surface area contributed by atoms with E-state index < -0.39 is 5.97 Å². The molecule has 2 N–H and O–H groups in total. The zero-order valence-electron chi connectivity index (χ0n) is 22.8. The van der Waals surface area contributed by atoms with Gasteiger partial charge in [0.15, 0.2) is 0 Å². The average molecular weight is 521 g/mol. The molecule has 1 aromatic rings. The van der Waals surface area contributed by atoms with Gasteiger partial charge in [-0.2, -0.15) is 0 Å². The van der Waals surface area contributed by atoms with Gasteiger partial charge in [-0.3, -0.25) is 4.79 Å². The Labute approximate surface area is 222 Å². The second-order valence-corrected chi connectivity index (χ2v) is 10.9. The van der Waals surface area contributed by atoms with Gasteiger partial charge in [-0.1, -0.05) is 56.5 Å². The summed E-state index contributed by atoms with van der Waals surface area (Å²) in [6.45, 7) is 2.68. The highest BCUT2D eigenvalue weighted by Gasteiger charge is 2.34. The fourth-order valence-electron chi connectivity index (χ4n) is 5.72. The Morgan fingerprint density at radius 1 is 1.00 bits per heavy atom. The number of carboxylic acid groups (broad SMARTS) is 1. The molecule has 7 nitrogen and oxygen atoms in total. The van der Waals surface area contributed by atoms with E-state index >= 15 is 0 Å². The van der Waals surface area contributed by atoms with E-state index in [1.165, 1.54) is 0 Å². The van der Waals surface area contributed by atoms with Crippen LogP contribution in [0.1, 0.15) is 96.0 Å². The number of methoxy groups -OCH3 is 1. The van der Waals surface area contributed by atoms with Crippen LogP contribution < -0.4 is 0 Å². The van der Waals surface area contributed by atoms with Crippen molar-refractivity contribution in [3.8, 4) is 0 Å². The van der Waals surface area contributed by atoms with Crippen LogP contribution in [0, 0.1) is 0 Å². The molecule has 2 aliphatic rings. The maximum atomic E-state index is 11.4. The van der Waals surface area contributed by atoms with Gasteiger partial charge in [0.1, 0.15) is 0 Å². The fourth-order valence-corrected chi connectivity index (χ4v) is 5.72. The molecular weight excluding hydrogens is 472 g/mol. The van der Waals surface area contributed by atoms with Crippen LogP contribution in [0.25, 0.3) is 0 Å². The third-order valence-electron chi connectivity index (χ3n) is 7.67. The summed E-state index contributed by atoms with van der Waals surface area (Å²) in [5.41, 5.74) is 1.11. The van der Waals surface area contributed by atoms with Crippen LogP contribution in [0.5, 0.6) is 0 Å². The number of benzene rings is 1. The van der Waals surface area contributed by atoms with Crippen LogP contribution in [-0.4, -0.2) is 66.0 Å². The van der Waals surface area contributed by atoms with E-state index in [2.05, 4.69) is 6.92 Å². The Hall–Kier alpha value is -1.51. The van der Waals surface area contributed by atoms with Crippen LogP contribution in [0.2, 0.25) is 0 Å². The molecule has 2 fully saturated rings. The molecule has 0 aromatic heterocycles. The normalized spacial score (nSPS) is 28.0. The Balaban J connectivity index is 1.50. The van der Waals surface area contributed by atoms with Gasteiger partial charge in [-0.05, 0) is 56.9 Å². The molecule has 210 valence electrons. The van der Waals surface area contributed by atoms with Gasteiger partial charge in [-0.15, -0.1) is 0 Å². The molecule has 2 unspecified atom stereocenters. The average Bonchev–Trinajstić information content (AvgIpc) is 2.87. The second kappa shape index (κ2) is 16.5. The smallest absolute Gasteiger partial charge is 0.305 e. The zero-order chi connectivity index (χ0) is 26.5. The van der Waals surface area contributed by atoms with E-state index in [0.717, 1.165) is 63.4 Å². The van der Waals surface area contributed by atoms with Gasteiger partial charge in [-0.25, -0.2) is 0 Å². The van der Waals surface area contributed by atoms with Crippen molar-refractivity contribution in [1.29, 1.82) is 0 Å². The quantitative estimate of drug-likeness (QED) is 0.272. The van der Waals surface area contributed by atoms with Gasteiger partial charge in [0, 0.05) is 13.5 Å². The number of hydrogen-bond donors (Lipinski definition) is 2. The molecule has 2 saturated heterocycles. The highest BCUT2D eigenvalue weighted by molar-refractivity contribution is 5.67. The van der Waals surface area contributed by atoms with Crippen molar-refractivity contribution in [3.05, 3.63) is 35.9 Å². The number of rotatable bonds is 16. The number of aliphatic carboxylic acids is 1. The summed E-state index contributed by atoms with van der Waals surface area (Å²) in [7, 11) is 1.73. The summed E-state index contributed by atoms with van der Waals surface area (Å²) in [5.74, 6) is -0.853. The number of aliphatic hydroxyl groups excluding tert-OH is 1. The number of hydrogen-bond acceptors (Lipinski definition) is 6. The Kier molecular flexibility index (Phi) is 13.4. The van der Waals surface area contributed by atoms with Crippen LogP contribution in [0.3, 0.4) is 0 Å². The van der Waals surface area contributed by atoms with E-state index in [1.54, 1.807) is 7.11 Å². The van der Waals surface area contributed by atoms with Crippen molar-refractivity contribution in [1.82, 2.24) is 0 Å². The molecule has 2 heterocycles. The molecular formula is C30H48O7. The van der Waals surface area contributed by atoms with Crippen LogP contribution in [0.15, 0.2) is 30.3 Å². The van der Waals surface area contributed by atoms with Gasteiger partial charge >= 0.3 is 5.97 Å². The molecule has 2 aliphatic heterocycles. The summed E-state index contributed by atoms with van der Waals surface area (Å²) >= 11 is 0. The molecule has 1 aromatic carbocycles. The van der Waals surface area contributed by atoms with Gasteiger partial charge in [0.25, 0.3) is 0 Å². The second-order valence-electron chi connectivity index (χ2n) is 10.9. The van der Waals surface area contributed by atoms with Gasteiger partial charge in [0.05, 0.1) is 55.8 Å². The molecule has 0 aliphatic carbocycles. The minimum Gasteiger partial charge on any atom is -0.481 e. The van der Waals surface area contributed by atoms with E-state index in [0.29, 0.717) is 25.9 Å². The minimum atomic E-state index is -0.853. The summed E-state index contributed by atoms with van der Waals surface area (Å²) in [5, 5.41) is 19.8. The summed E-state index contributed by atoms with van der Waals surface area (Å²) in [6.07, 6.45) is 10.1. The number of unbranched alkanes of at least 4 members (excludes halogenated alkanes) is 2. The first-order chi connectivity index (χ1) is 17.9. The zero-order valence-corrected chi connectivity index (χ0v) is 22.8. The van der Waals surface area contributed by atoms with E-state index in [9.17, 15) is 15.0 Å². The molecule has 0 spiro atoms. The standard InChI is InChI=1S/C30H48O7/c1-3-4-6-12-23(31)15-24-13-9-14-25(36-24)16-26(34-2)17-28-18-27(19-29(37-28)20-30(32)33)35-21-22-10-7-5-8-11-22/h5,7-8,10-11,23-29,31H,3-4,6,9,12-21H2,1-2H3,(H,32,33)/t23-,24-,25?,26+,27-,28?,29-/m0/s1. The van der Waals surface area contributed by atoms with E-state index in [-0.39, 0.29) is 49.1 Å². The topological polar surface area (TPSA) is 94.5 Å². The van der Waals surface area contributed by atoms with E-state index in [4.69, 9.17) is 18.9 Å². The third-order valence-corrected chi connectivity index (χ3v) is 7.67. The summed E-state index contributed by atoms with van der Waals surface area (Å²) in [6, 6.07) is 10.0. The molecule has 7 atom stereocenters. The fraction of sp³-hybridized carbons (Fsp3) is 0.767. The molecule has 0 radical (unpaired) electrons. The summed E-state index contributed by atoms with van der Waals surface area (Å²) < 4.78 is 24.6. The van der Waals surface area contributed by atoms with Crippen molar-refractivity contribution in [2.75, 3.05) is 7.11 Å². The molecule has 0 saturated carbocycles. The molecule has 37 heavy (non-hydrogen) atoms. The van der Waals surface area contributed by atoms with Crippen molar-refractivity contribution in [2.24, 2.45) is 0 Å². The van der Waals surface area contributed by atoms with Crippen molar-refractivity contribution < 1.29 is 34.0 Å². The SMILES string of the molecule is CCCCC[C@H](O)C[C@@H]1CCCC(C[C@H](CC2C[C@H](OCc3ccccc3)C[C@@H](CC(=O)O)O2)OC)O1. The number of carboxylic acids is 1.